The standard InChI is InChI=1S/C16H26N2O4S/c1-5-6-9-17-16(19)11-22-15-8-7-14(10-13(15)4)23(20,21)18-12(2)3/h7-8,10,12,18H,5-6,9,11H2,1-4H3,(H,17,19). The Kier molecular flexibility index (Phi) is 7.51. The fraction of sp³-hybridized carbons (Fsp3) is 0.562. The van der Waals surface area contributed by atoms with Crippen molar-refractivity contribution in [3.63, 3.8) is 0 Å². The van der Waals surface area contributed by atoms with Crippen LogP contribution in [0, 0.1) is 6.92 Å². The molecule has 1 aromatic carbocycles. The molecule has 0 aromatic heterocycles. The number of hydrogen-bond acceptors (Lipinski definition) is 4. The molecule has 0 fully saturated rings. The number of unbranched alkanes of at least 4 members (excludes halogenated alkanes) is 1. The molecule has 1 rings (SSSR count). The van der Waals surface area contributed by atoms with Crippen molar-refractivity contribution in [3.05, 3.63) is 23.8 Å². The van der Waals surface area contributed by atoms with E-state index < -0.39 is 10.0 Å². The van der Waals surface area contributed by atoms with E-state index in [4.69, 9.17) is 4.74 Å². The molecule has 0 radical (unpaired) electrons. The number of aryl methyl sites for hydroxylation is 1. The molecule has 6 nitrogen and oxygen atoms in total. The van der Waals surface area contributed by atoms with Crippen LogP contribution in [0.3, 0.4) is 0 Å². The van der Waals surface area contributed by atoms with E-state index in [2.05, 4.69) is 17.0 Å². The van der Waals surface area contributed by atoms with Gasteiger partial charge in [0, 0.05) is 12.6 Å². The first-order chi connectivity index (χ1) is 10.8. The maximum atomic E-state index is 12.1. The van der Waals surface area contributed by atoms with Gasteiger partial charge in [-0.2, -0.15) is 0 Å². The molecule has 0 atom stereocenters. The van der Waals surface area contributed by atoms with E-state index in [0.29, 0.717) is 17.9 Å². The summed E-state index contributed by atoms with van der Waals surface area (Å²) in [5.41, 5.74) is 0.665. The van der Waals surface area contributed by atoms with E-state index in [0.717, 1.165) is 12.8 Å². The molecule has 0 spiro atoms. The fourth-order valence-electron chi connectivity index (χ4n) is 1.93. The summed E-state index contributed by atoms with van der Waals surface area (Å²) in [6.45, 7) is 7.88. The van der Waals surface area contributed by atoms with Crippen LogP contribution in [0.5, 0.6) is 5.75 Å². The lowest BCUT2D eigenvalue weighted by Gasteiger charge is -2.13. The number of carbonyl (C=O) groups is 1. The van der Waals surface area contributed by atoms with Crippen molar-refractivity contribution in [1.82, 2.24) is 10.0 Å². The monoisotopic (exact) mass is 342 g/mol. The molecule has 1 aromatic rings. The first-order valence-electron chi connectivity index (χ1n) is 7.78. The third kappa shape index (κ3) is 6.58. The summed E-state index contributed by atoms with van der Waals surface area (Å²) < 4.78 is 32.2. The molecule has 0 aliphatic rings. The summed E-state index contributed by atoms with van der Waals surface area (Å²) in [7, 11) is -3.53. The largest absolute Gasteiger partial charge is 0.484 e. The van der Waals surface area contributed by atoms with Crippen LogP contribution in [0.2, 0.25) is 0 Å². The molecule has 130 valence electrons. The van der Waals surface area contributed by atoms with Gasteiger partial charge in [0.1, 0.15) is 5.75 Å². The smallest absolute Gasteiger partial charge is 0.257 e. The maximum absolute atomic E-state index is 12.1. The number of ether oxygens (including phenoxy) is 1. The van der Waals surface area contributed by atoms with E-state index in [1.54, 1.807) is 26.8 Å². The number of rotatable bonds is 9. The van der Waals surface area contributed by atoms with Crippen LogP contribution in [0.1, 0.15) is 39.2 Å². The van der Waals surface area contributed by atoms with Crippen molar-refractivity contribution in [2.45, 2.75) is 51.5 Å². The van der Waals surface area contributed by atoms with Gasteiger partial charge in [-0.3, -0.25) is 4.79 Å². The predicted octanol–water partition coefficient (Wildman–Crippen LogP) is 1.98. The molecule has 0 bridgehead atoms. The van der Waals surface area contributed by atoms with Gasteiger partial charge in [-0.05, 0) is 51.0 Å². The first kappa shape index (κ1) is 19.4. The molecule has 0 saturated heterocycles. The van der Waals surface area contributed by atoms with Crippen molar-refractivity contribution in [3.8, 4) is 5.75 Å². The van der Waals surface area contributed by atoms with Gasteiger partial charge in [0.25, 0.3) is 5.91 Å². The van der Waals surface area contributed by atoms with E-state index in [1.807, 2.05) is 0 Å². The zero-order valence-corrected chi connectivity index (χ0v) is 15.0. The van der Waals surface area contributed by atoms with Crippen molar-refractivity contribution in [1.29, 1.82) is 0 Å². The van der Waals surface area contributed by atoms with Crippen molar-refractivity contribution < 1.29 is 17.9 Å². The minimum absolute atomic E-state index is 0.0824. The molecule has 7 heteroatoms. The summed E-state index contributed by atoms with van der Waals surface area (Å²) >= 11 is 0. The highest BCUT2D eigenvalue weighted by Gasteiger charge is 2.16. The second-order valence-corrected chi connectivity index (χ2v) is 7.41. The maximum Gasteiger partial charge on any atom is 0.257 e. The Bertz CT molecular complexity index is 627. The van der Waals surface area contributed by atoms with Crippen LogP contribution >= 0.6 is 0 Å². The SMILES string of the molecule is CCCCNC(=O)COc1ccc(S(=O)(=O)NC(C)C)cc1C. The summed E-state index contributed by atoms with van der Waals surface area (Å²) in [4.78, 5) is 11.8. The van der Waals surface area contributed by atoms with Gasteiger partial charge in [0.2, 0.25) is 10.0 Å². The molecule has 0 heterocycles. The van der Waals surface area contributed by atoms with Gasteiger partial charge in [-0.15, -0.1) is 0 Å². The molecular formula is C16H26N2O4S. The van der Waals surface area contributed by atoms with Crippen molar-refractivity contribution >= 4 is 15.9 Å². The number of carbonyl (C=O) groups excluding carboxylic acids is 1. The average molecular weight is 342 g/mol. The van der Waals surface area contributed by atoms with Crippen LogP contribution in [0.4, 0.5) is 0 Å². The van der Waals surface area contributed by atoms with Crippen LogP contribution in [-0.4, -0.2) is 33.5 Å². The quantitative estimate of drug-likeness (QED) is 0.672. The molecule has 23 heavy (non-hydrogen) atoms. The molecule has 2 N–H and O–H groups in total. The lowest BCUT2D eigenvalue weighted by Crippen LogP contribution is -2.30. The van der Waals surface area contributed by atoms with Crippen LogP contribution in [0.15, 0.2) is 23.1 Å². The van der Waals surface area contributed by atoms with Gasteiger partial charge in [-0.1, -0.05) is 13.3 Å². The van der Waals surface area contributed by atoms with E-state index in [1.165, 1.54) is 12.1 Å². The van der Waals surface area contributed by atoms with Crippen LogP contribution in [-0.2, 0) is 14.8 Å². The third-order valence-electron chi connectivity index (χ3n) is 3.06. The normalized spacial score (nSPS) is 11.5. The number of hydrogen-bond donors (Lipinski definition) is 2. The van der Waals surface area contributed by atoms with Gasteiger partial charge < -0.3 is 10.1 Å². The number of benzene rings is 1. The Morgan fingerprint density at radius 3 is 2.57 bits per heavy atom. The highest BCUT2D eigenvalue weighted by molar-refractivity contribution is 7.89. The molecule has 1 amide bonds. The average Bonchev–Trinajstić information content (AvgIpc) is 2.44. The Labute approximate surface area is 138 Å². The molecule has 0 aliphatic carbocycles. The zero-order valence-electron chi connectivity index (χ0n) is 14.2. The molecule has 0 unspecified atom stereocenters. The molecular weight excluding hydrogens is 316 g/mol. The Hall–Kier alpha value is -1.60. The minimum atomic E-state index is -3.53. The second-order valence-electron chi connectivity index (χ2n) is 5.70. The van der Waals surface area contributed by atoms with Crippen LogP contribution in [0.25, 0.3) is 0 Å². The number of nitrogens with one attached hydrogen (secondary N) is 2. The van der Waals surface area contributed by atoms with Gasteiger partial charge in [-0.25, -0.2) is 13.1 Å². The first-order valence-corrected chi connectivity index (χ1v) is 9.27. The summed E-state index contributed by atoms with van der Waals surface area (Å²) in [6, 6.07) is 4.41. The van der Waals surface area contributed by atoms with Gasteiger partial charge in [0.05, 0.1) is 4.90 Å². The lowest BCUT2D eigenvalue weighted by molar-refractivity contribution is -0.123. The predicted molar refractivity (Wildman–Crippen MR) is 90.0 cm³/mol. The van der Waals surface area contributed by atoms with Crippen molar-refractivity contribution in [2.24, 2.45) is 0 Å². The van der Waals surface area contributed by atoms with Gasteiger partial charge >= 0.3 is 0 Å². The second kappa shape index (κ2) is 8.88. The highest BCUT2D eigenvalue weighted by Crippen LogP contribution is 2.21. The van der Waals surface area contributed by atoms with Crippen LogP contribution < -0.4 is 14.8 Å². The summed E-state index contributed by atoms with van der Waals surface area (Å²) in [5, 5.41) is 2.76. The number of sulfonamides is 1. The molecule has 0 aliphatic heterocycles. The summed E-state index contributed by atoms with van der Waals surface area (Å²) in [5.74, 6) is 0.315. The fourth-order valence-corrected chi connectivity index (χ4v) is 3.26. The minimum Gasteiger partial charge on any atom is -0.484 e. The zero-order chi connectivity index (χ0) is 17.5. The van der Waals surface area contributed by atoms with Crippen molar-refractivity contribution in [2.75, 3.05) is 13.2 Å². The van der Waals surface area contributed by atoms with Gasteiger partial charge in [0.15, 0.2) is 6.61 Å². The Morgan fingerprint density at radius 1 is 1.30 bits per heavy atom. The van der Waals surface area contributed by atoms with E-state index in [9.17, 15) is 13.2 Å². The molecule has 0 saturated carbocycles. The Morgan fingerprint density at radius 2 is 2.00 bits per heavy atom. The van der Waals surface area contributed by atoms with E-state index in [-0.39, 0.29) is 23.5 Å². The van der Waals surface area contributed by atoms with E-state index >= 15 is 0 Å². The third-order valence-corrected chi connectivity index (χ3v) is 4.72. The number of amides is 1. The summed E-state index contributed by atoms with van der Waals surface area (Å²) in [6.07, 6.45) is 1.95. The Balaban J connectivity index is 2.68. The highest BCUT2D eigenvalue weighted by atomic mass is 32.2. The topological polar surface area (TPSA) is 84.5 Å². The lowest BCUT2D eigenvalue weighted by atomic mass is 10.2.